The van der Waals surface area contributed by atoms with Crippen LogP contribution in [0.15, 0.2) is 24.3 Å². The third-order valence-corrected chi connectivity index (χ3v) is 6.34. The van der Waals surface area contributed by atoms with Crippen LogP contribution < -0.4 is 16.0 Å². The van der Waals surface area contributed by atoms with Gasteiger partial charge in [-0.15, -0.1) is 0 Å². The van der Waals surface area contributed by atoms with E-state index in [2.05, 4.69) is 10.6 Å². The van der Waals surface area contributed by atoms with E-state index < -0.39 is 72.4 Å². The van der Waals surface area contributed by atoms with Crippen molar-refractivity contribution in [3.8, 4) is 0 Å². The number of carbonyl (C=O) groups is 2. The van der Waals surface area contributed by atoms with Gasteiger partial charge in [0, 0.05) is 18.9 Å². The molecular weight excluding hydrogens is 492 g/mol. The molecule has 2 amide bonds. The van der Waals surface area contributed by atoms with Crippen LogP contribution >= 0.6 is 0 Å². The Kier molecular flexibility index (Phi) is 8.92. The Labute approximate surface area is 205 Å². The van der Waals surface area contributed by atoms with Crippen LogP contribution in [0.5, 0.6) is 0 Å². The van der Waals surface area contributed by atoms with Gasteiger partial charge in [-0.05, 0) is 55.7 Å². The average molecular weight is 524 g/mol. The highest BCUT2D eigenvalue weighted by atomic mass is 19.4. The summed E-state index contributed by atoms with van der Waals surface area (Å²) >= 11 is 0. The molecule has 0 aromatic heterocycles. The van der Waals surface area contributed by atoms with Crippen LogP contribution in [0.4, 0.5) is 26.3 Å². The number of amides is 2. The van der Waals surface area contributed by atoms with Crippen molar-refractivity contribution >= 4 is 11.8 Å². The van der Waals surface area contributed by atoms with Crippen molar-refractivity contribution in [3.05, 3.63) is 35.6 Å². The molecule has 4 atom stereocenters. The van der Waals surface area contributed by atoms with Crippen molar-refractivity contribution in [2.24, 2.45) is 5.92 Å². The molecule has 0 aliphatic heterocycles. The van der Waals surface area contributed by atoms with Gasteiger partial charge in [0.05, 0.1) is 12.1 Å². The van der Waals surface area contributed by atoms with E-state index in [9.17, 15) is 41.0 Å². The van der Waals surface area contributed by atoms with E-state index in [-0.39, 0.29) is 18.4 Å². The first-order valence-corrected chi connectivity index (χ1v) is 12.0. The maximum absolute atomic E-state index is 14.7. The number of carbonyl (C=O) groups excluding carboxylic acids is 2. The van der Waals surface area contributed by atoms with Crippen molar-refractivity contribution in [3.63, 3.8) is 0 Å². The maximum Gasteiger partial charge on any atom is 0.407 e. The van der Waals surface area contributed by atoms with Crippen LogP contribution in [0, 0.1) is 11.7 Å². The highest BCUT2D eigenvalue weighted by molar-refractivity contribution is 5.85. The monoisotopic (exact) mass is 523 g/mol. The predicted molar refractivity (Wildman–Crippen MR) is 118 cm³/mol. The molecule has 0 spiro atoms. The molecular formula is C24H31F6N3O3. The molecule has 1 aromatic rings. The van der Waals surface area contributed by atoms with Crippen LogP contribution in [0.25, 0.3) is 0 Å². The molecule has 4 N–H and O–H groups in total. The highest BCUT2D eigenvalue weighted by Gasteiger charge is 2.47. The minimum absolute atomic E-state index is 0.0246. The second-order valence-corrected chi connectivity index (χ2v) is 9.70. The Balaban J connectivity index is 1.80. The second kappa shape index (κ2) is 11.4. The molecule has 0 bridgehead atoms. The number of rotatable bonds is 13. The first-order chi connectivity index (χ1) is 16.8. The zero-order valence-corrected chi connectivity index (χ0v) is 19.8. The molecule has 6 nitrogen and oxygen atoms in total. The average Bonchev–Trinajstić information content (AvgIpc) is 3.72. The van der Waals surface area contributed by atoms with E-state index in [0.29, 0.717) is 12.8 Å². The Morgan fingerprint density at radius 1 is 1.03 bits per heavy atom. The number of halogens is 6. The normalized spacial score (nSPS) is 19.8. The smallest absolute Gasteiger partial charge is 0.381 e. The maximum atomic E-state index is 14.7. The largest absolute Gasteiger partial charge is 0.407 e. The minimum atomic E-state index is -4.99. The molecule has 1 unspecified atom stereocenters. The lowest BCUT2D eigenvalue weighted by Gasteiger charge is -2.31. The Morgan fingerprint density at radius 3 is 2.14 bits per heavy atom. The summed E-state index contributed by atoms with van der Waals surface area (Å²) in [5.74, 6) is -6.43. The third kappa shape index (κ3) is 8.36. The van der Waals surface area contributed by atoms with Crippen molar-refractivity contribution in [1.29, 1.82) is 0 Å². The molecule has 202 valence electrons. The summed E-state index contributed by atoms with van der Waals surface area (Å²) in [6, 6.07) is -2.51. The van der Waals surface area contributed by atoms with Gasteiger partial charge in [-0.3, -0.25) is 14.9 Å². The van der Waals surface area contributed by atoms with Gasteiger partial charge in [-0.2, -0.15) is 13.2 Å². The fraction of sp³-hybridized carbons (Fsp3) is 0.667. The van der Waals surface area contributed by atoms with Gasteiger partial charge in [-0.25, -0.2) is 13.2 Å². The van der Waals surface area contributed by atoms with E-state index in [0.717, 1.165) is 37.1 Å². The van der Waals surface area contributed by atoms with Gasteiger partial charge < -0.3 is 15.7 Å². The van der Waals surface area contributed by atoms with Crippen LogP contribution in [0.1, 0.15) is 63.5 Å². The Hall–Kier alpha value is -2.34. The summed E-state index contributed by atoms with van der Waals surface area (Å²) in [7, 11) is 0. The van der Waals surface area contributed by atoms with Gasteiger partial charge in [0.1, 0.15) is 11.9 Å². The second-order valence-electron chi connectivity index (χ2n) is 9.70. The van der Waals surface area contributed by atoms with Gasteiger partial charge in [-0.1, -0.05) is 19.1 Å². The molecule has 3 rings (SSSR count). The number of benzene rings is 1. The summed E-state index contributed by atoms with van der Waals surface area (Å²) < 4.78 is 84.4. The van der Waals surface area contributed by atoms with Crippen molar-refractivity contribution < 1.29 is 41.0 Å². The number of hydrogen-bond donors (Lipinski definition) is 4. The molecule has 2 aliphatic rings. The minimum Gasteiger partial charge on any atom is -0.381 e. The zero-order valence-electron chi connectivity index (χ0n) is 19.8. The van der Waals surface area contributed by atoms with Crippen molar-refractivity contribution in [2.75, 3.05) is 0 Å². The first-order valence-electron chi connectivity index (χ1n) is 12.0. The summed E-state index contributed by atoms with van der Waals surface area (Å²) in [5.41, 5.74) is -0.455. The molecule has 0 radical (unpaired) electrons. The fourth-order valence-electron chi connectivity index (χ4n) is 3.97. The lowest BCUT2D eigenvalue weighted by atomic mass is 9.98. The Bertz CT molecular complexity index is 903. The molecule has 12 heteroatoms. The standard InChI is InChI=1S/C24H31F6N3O3/c1-2-17(19(34)22(36)31-16-9-10-16)33-21(35)18(12-23(26,27)11-13-3-4-13)32-20(24(28,29)30)14-5-7-15(25)8-6-14/h5-8,13,16-20,32,34H,2-4,9-12H2,1H3,(H,31,36)(H,33,35)/t17-,18-,19?,20-/m0/s1. The molecule has 0 heterocycles. The van der Waals surface area contributed by atoms with Crippen LogP contribution in [0.3, 0.4) is 0 Å². The number of hydrogen-bond acceptors (Lipinski definition) is 4. The number of alkyl halides is 5. The first kappa shape index (κ1) is 28.2. The van der Waals surface area contributed by atoms with Crippen LogP contribution in [-0.2, 0) is 9.59 Å². The van der Waals surface area contributed by atoms with E-state index in [1.807, 2.05) is 5.32 Å². The molecule has 2 saturated carbocycles. The Morgan fingerprint density at radius 2 is 1.64 bits per heavy atom. The fourth-order valence-corrected chi connectivity index (χ4v) is 3.97. The van der Waals surface area contributed by atoms with E-state index in [4.69, 9.17) is 0 Å². The summed E-state index contributed by atoms with van der Waals surface area (Å²) in [4.78, 5) is 25.2. The highest BCUT2D eigenvalue weighted by Crippen LogP contribution is 2.41. The lowest BCUT2D eigenvalue weighted by Crippen LogP contribution is -2.57. The molecule has 2 aliphatic carbocycles. The third-order valence-electron chi connectivity index (χ3n) is 6.34. The van der Waals surface area contributed by atoms with E-state index in [1.54, 1.807) is 0 Å². The topological polar surface area (TPSA) is 90.5 Å². The van der Waals surface area contributed by atoms with Crippen LogP contribution in [0.2, 0.25) is 0 Å². The molecule has 0 saturated heterocycles. The van der Waals surface area contributed by atoms with Crippen molar-refractivity contribution in [2.45, 2.75) is 94.2 Å². The number of nitrogens with one attached hydrogen (secondary N) is 3. The van der Waals surface area contributed by atoms with E-state index in [1.165, 1.54) is 6.92 Å². The van der Waals surface area contributed by atoms with Gasteiger partial charge in [0.15, 0.2) is 6.10 Å². The van der Waals surface area contributed by atoms with Gasteiger partial charge in [0.2, 0.25) is 11.8 Å². The lowest BCUT2D eigenvalue weighted by molar-refractivity contribution is -0.163. The molecule has 36 heavy (non-hydrogen) atoms. The number of aliphatic hydroxyl groups excluding tert-OH is 1. The van der Waals surface area contributed by atoms with Crippen LogP contribution in [-0.4, -0.2) is 53.2 Å². The summed E-state index contributed by atoms with van der Waals surface area (Å²) in [5, 5.41) is 17.2. The summed E-state index contributed by atoms with van der Waals surface area (Å²) in [6.07, 6.45) is -5.80. The molecule has 2 fully saturated rings. The van der Waals surface area contributed by atoms with Gasteiger partial charge >= 0.3 is 6.18 Å². The predicted octanol–water partition coefficient (Wildman–Crippen LogP) is 3.75. The summed E-state index contributed by atoms with van der Waals surface area (Å²) in [6.45, 7) is 1.53. The van der Waals surface area contributed by atoms with E-state index >= 15 is 0 Å². The number of aliphatic hydroxyl groups is 1. The van der Waals surface area contributed by atoms with Gasteiger partial charge in [0.25, 0.3) is 5.91 Å². The zero-order chi connectivity index (χ0) is 26.7. The van der Waals surface area contributed by atoms with Crippen molar-refractivity contribution in [1.82, 2.24) is 16.0 Å². The SMILES string of the molecule is CC[C@H](NC(=O)[C@H](CC(F)(F)CC1CC1)N[C@@H](c1ccc(F)cc1)C(F)(F)F)C(O)C(=O)NC1CC1. The molecule has 1 aromatic carbocycles. The quantitative estimate of drug-likeness (QED) is 0.297.